The van der Waals surface area contributed by atoms with E-state index in [1.165, 1.54) is 24.8 Å². The Morgan fingerprint density at radius 1 is 1.24 bits per heavy atom. The lowest BCUT2D eigenvalue weighted by atomic mass is 10.0. The lowest BCUT2D eigenvalue weighted by Gasteiger charge is -2.18. The molecule has 150 valence electrons. The topological polar surface area (TPSA) is 68.5 Å². The molecule has 2 aromatic carbocycles. The number of hydrogen-bond acceptors (Lipinski definition) is 5. The summed E-state index contributed by atoms with van der Waals surface area (Å²) in [7, 11) is 1.41. The highest BCUT2D eigenvalue weighted by Crippen LogP contribution is 2.33. The molecular weight excluding hydrogens is 373 g/mol. The van der Waals surface area contributed by atoms with Crippen molar-refractivity contribution in [2.75, 3.05) is 18.6 Å². The van der Waals surface area contributed by atoms with E-state index in [0.717, 1.165) is 5.69 Å². The highest BCUT2D eigenvalue weighted by molar-refractivity contribution is 5.96. The van der Waals surface area contributed by atoms with Gasteiger partial charge in [0, 0.05) is 24.2 Å². The van der Waals surface area contributed by atoms with E-state index in [2.05, 4.69) is 30.1 Å². The fourth-order valence-electron chi connectivity index (χ4n) is 3.50. The van der Waals surface area contributed by atoms with Crippen LogP contribution in [0, 0.1) is 5.82 Å². The van der Waals surface area contributed by atoms with E-state index >= 15 is 0 Å². The molecule has 0 saturated carbocycles. The molecule has 0 N–H and O–H groups in total. The predicted octanol–water partition coefficient (Wildman–Crippen LogP) is 4.53. The molecule has 2 heterocycles. The van der Waals surface area contributed by atoms with E-state index in [1.54, 1.807) is 11.0 Å². The van der Waals surface area contributed by atoms with Crippen LogP contribution < -0.4 is 9.64 Å². The molecular formula is C22H22FN3O3. The molecule has 1 fully saturated rings. The van der Waals surface area contributed by atoms with Crippen LogP contribution in [-0.4, -0.2) is 29.7 Å². The standard InChI is InChI=1S/C22H22FN3O3/c1-13(2)14-5-4-6-17(9-14)26-12-16(11-20(26)27)22-24-21(25-29-22)15-7-8-19(28-3)18(23)10-15/h4-10,13,16H,11-12H2,1-3H3. The Kier molecular flexibility index (Phi) is 5.05. The summed E-state index contributed by atoms with van der Waals surface area (Å²) in [5.74, 6) is 0.524. The number of amides is 1. The van der Waals surface area contributed by atoms with E-state index in [9.17, 15) is 9.18 Å². The molecule has 4 rings (SSSR count). The first kappa shape index (κ1) is 19.1. The molecule has 1 aliphatic heterocycles. The zero-order valence-electron chi connectivity index (χ0n) is 16.6. The second-order valence-corrected chi connectivity index (χ2v) is 7.46. The quantitative estimate of drug-likeness (QED) is 0.635. The SMILES string of the molecule is COc1ccc(-c2noc(C3CC(=O)N(c4cccc(C(C)C)c4)C3)n2)cc1F. The van der Waals surface area contributed by atoms with Crippen LogP contribution >= 0.6 is 0 Å². The number of carbonyl (C=O) groups is 1. The smallest absolute Gasteiger partial charge is 0.232 e. The number of anilines is 1. The largest absolute Gasteiger partial charge is 0.494 e. The predicted molar refractivity (Wildman–Crippen MR) is 106 cm³/mol. The van der Waals surface area contributed by atoms with Crippen LogP contribution in [0.4, 0.5) is 10.1 Å². The molecule has 1 amide bonds. The number of rotatable bonds is 5. The molecule has 1 unspecified atom stereocenters. The number of aromatic nitrogens is 2. The fraction of sp³-hybridized carbons (Fsp3) is 0.318. The van der Waals surface area contributed by atoms with Crippen molar-refractivity contribution in [2.24, 2.45) is 0 Å². The second-order valence-electron chi connectivity index (χ2n) is 7.46. The van der Waals surface area contributed by atoms with Crippen molar-refractivity contribution in [3.63, 3.8) is 0 Å². The molecule has 3 aromatic rings. The van der Waals surface area contributed by atoms with Gasteiger partial charge in [-0.05, 0) is 41.8 Å². The fourth-order valence-corrected chi connectivity index (χ4v) is 3.50. The molecule has 0 aliphatic carbocycles. The third-order valence-corrected chi connectivity index (χ3v) is 5.17. The molecule has 0 spiro atoms. The summed E-state index contributed by atoms with van der Waals surface area (Å²) in [6, 6.07) is 12.5. The summed E-state index contributed by atoms with van der Waals surface area (Å²) >= 11 is 0. The van der Waals surface area contributed by atoms with Gasteiger partial charge in [0.1, 0.15) is 0 Å². The molecule has 1 aliphatic rings. The van der Waals surface area contributed by atoms with Crippen LogP contribution in [0.3, 0.4) is 0 Å². The van der Waals surface area contributed by atoms with Gasteiger partial charge >= 0.3 is 0 Å². The normalized spacial score (nSPS) is 16.7. The average Bonchev–Trinajstić information content (AvgIpc) is 3.35. The first-order chi connectivity index (χ1) is 14.0. The van der Waals surface area contributed by atoms with Crippen LogP contribution in [-0.2, 0) is 4.79 Å². The van der Waals surface area contributed by atoms with Crippen molar-refractivity contribution in [1.82, 2.24) is 10.1 Å². The van der Waals surface area contributed by atoms with Gasteiger partial charge in [-0.2, -0.15) is 4.98 Å². The van der Waals surface area contributed by atoms with Gasteiger partial charge in [-0.1, -0.05) is 31.1 Å². The van der Waals surface area contributed by atoms with Gasteiger partial charge < -0.3 is 14.2 Å². The molecule has 0 bridgehead atoms. The number of ether oxygens (including phenoxy) is 1. The Morgan fingerprint density at radius 2 is 2.07 bits per heavy atom. The highest BCUT2D eigenvalue weighted by Gasteiger charge is 2.35. The van der Waals surface area contributed by atoms with Gasteiger partial charge in [0.2, 0.25) is 17.6 Å². The molecule has 1 saturated heterocycles. The van der Waals surface area contributed by atoms with Crippen LogP contribution in [0.15, 0.2) is 47.0 Å². The molecule has 6 nitrogen and oxygen atoms in total. The van der Waals surface area contributed by atoms with Crippen molar-refractivity contribution < 1.29 is 18.4 Å². The minimum atomic E-state index is -0.497. The van der Waals surface area contributed by atoms with E-state index in [1.807, 2.05) is 18.2 Å². The third kappa shape index (κ3) is 3.72. The minimum absolute atomic E-state index is 0.0196. The van der Waals surface area contributed by atoms with Gasteiger partial charge in [-0.25, -0.2) is 4.39 Å². The lowest BCUT2D eigenvalue weighted by molar-refractivity contribution is -0.117. The van der Waals surface area contributed by atoms with Crippen LogP contribution in [0.2, 0.25) is 0 Å². The number of carbonyl (C=O) groups excluding carboxylic acids is 1. The number of benzene rings is 2. The van der Waals surface area contributed by atoms with Crippen LogP contribution in [0.1, 0.15) is 43.6 Å². The average molecular weight is 395 g/mol. The summed E-state index contributed by atoms with van der Waals surface area (Å²) in [5.41, 5.74) is 2.55. The Labute approximate surface area is 168 Å². The van der Waals surface area contributed by atoms with E-state index in [-0.39, 0.29) is 23.4 Å². The van der Waals surface area contributed by atoms with Gasteiger partial charge in [0.25, 0.3) is 0 Å². The van der Waals surface area contributed by atoms with Gasteiger partial charge in [0.15, 0.2) is 11.6 Å². The Morgan fingerprint density at radius 3 is 2.79 bits per heavy atom. The van der Waals surface area contributed by atoms with Gasteiger partial charge in [-0.3, -0.25) is 4.79 Å². The number of hydrogen-bond donors (Lipinski definition) is 0. The maximum absolute atomic E-state index is 14.0. The molecule has 29 heavy (non-hydrogen) atoms. The minimum Gasteiger partial charge on any atom is -0.494 e. The van der Waals surface area contributed by atoms with Crippen LogP contribution in [0.5, 0.6) is 5.75 Å². The van der Waals surface area contributed by atoms with E-state index < -0.39 is 5.82 Å². The third-order valence-electron chi connectivity index (χ3n) is 5.17. The molecule has 1 aromatic heterocycles. The monoisotopic (exact) mass is 395 g/mol. The lowest BCUT2D eigenvalue weighted by Crippen LogP contribution is -2.24. The van der Waals surface area contributed by atoms with Crippen molar-refractivity contribution in [3.8, 4) is 17.1 Å². The number of nitrogens with zero attached hydrogens (tertiary/aromatic N) is 3. The first-order valence-corrected chi connectivity index (χ1v) is 9.54. The molecule has 0 radical (unpaired) electrons. The van der Waals surface area contributed by atoms with Gasteiger partial charge in [-0.15, -0.1) is 0 Å². The summed E-state index contributed by atoms with van der Waals surface area (Å²) < 4.78 is 24.3. The summed E-state index contributed by atoms with van der Waals surface area (Å²) in [4.78, 5) is 18.8. The maximum Gasteiger partial charge on any atom is 0.232 e. The van der Waals surface area contributed by atoms with E-state index in [4.69, 9.17) is 9.26 Å². The Bertz CT molecular complexity index is 1050. The molecule has 1 atom stereocenters. The summed E-state index contributed by atoms with van der Waals surface area (Å²) in [6.07, 6.45) is 0.296. The second kappa shape index (κ2) is 7.66. The van der Waals surface area contributed by atoms with E-state index in [0.29, 0.717) is 30.3 Å². The number of halogens is 1. The Balaban J connectivity index is 1.54. The first-order valence-electron chi connectivity index (χ1n) is 9.54. The molecule has 7 heteroatoms. The highest BCUT2D eigenvalue weighted by atomic mass is 19.1. The summed E-state index contributed by atoms with van der Waals surface area (Å²) in [5, 5.41) is 3.96. The van der Waals surface area contributed by atoms with Crippen molar-refractivity contribution in [2.45, 2.75) is 32.1 Å². The van der Waals surface area contributed by atoms with Crippen molar-refractivity contribution in [1.29, 1.82) is 0 Å². The van der Waals surface area contributed by atoms with Gasteiger partial charge in [0.05, 0.1) is 13.0 Å². The van der Waals surface area contributed by atoms with Crippen molar-refractivity contribution in [3.05, 3.63) is 59.7 Å². The maximum atomic E-state index is 14.0. The zero-order valence-corrected chi connectivity index (χ0v) is 16.6. The zero-order chi connectivity index (χ0) is 20.5. The van der Waals surface area contributed by atoms with Crippen molar-refractivity contribution >= 4 is 11.6 Å². The summed E-state index contributed by atoms with van der Waals surface area (Å²) in [6.45, 7) is 4.71. The number of methoxy groups -OCH3 is 1. The Hall–Kier alpha value is -3.22. The van der Waals surface area contributed by atoms with Crippen LogP contribution in [0.25, 0.3) is 11.4 Å².